The van der Waals surface area contributed by atoms with Gasteiger partial charge in [-0.25, -0.2) is 4.98 Å². The summed E-state index contributed by atoms with van der Waals surface area (Å²) in [4.78, 5) is 4.04. The first-order valence-corrected chi connectivity index (χ1v) is 7.61. The van der Waals surface area contributed by atoms with Gasteiger partial charge in [-0.3, -0.25) is 0 Å². The molecule has 1 rings (SSSR count). The van der Waals surface area contributed by atoms with Crippen LogP contribution in [0.15, 0.2) is 18.3 Å². The Labute approximate surface area is 117 Å². The number of hydrogen-bond acceptors (Lipinski definition) is 3. The molecular formula is C16H28N2O. The Morgan fingerprint density at radius 2 is 1.84 bits per heavy atom. The lowest BCUT2D eigenvalue weighted by atomic mass is 10.0. The average Bonchev–Trinajstić information content (AvgIpc) is 2.40. The third kappa shape index (κ3) is 7.16. The zero-order chi connectivity index (χ0) is 13.9. The van der Waals surface area contributed by atoms with Crippen molar-refractivity contribution in [1.29, 1.82) is 0 Å². The van der Waals surface area contributed by atoms with E-state index in [2.05, 4.69) is 11.9 Å². The molecule has 0 spiro atoms. The van der Waals surface area contributed by atoms with Gasteiger partial charge in [0.15, 0.2) is 0 Å². The third-order valence-electron chi connectivity index (χ3n) is 3.52. The molecule has 1 aromatic heterocycles. The topological polar surface area (TPSA) is 59.1 Å². The van der Waals surface area contributed by atoms with E-state index in [0.717, 1.165) is 18.4 Å². The second-order valence-electron chi connectivity index (χ2n) is 5.32. The number of aromatic nitrogens is 1. The maximum atomic E-state index is 9.98. The molecule has 108 valence electrons. The van der Waals surface area contributed by atoms with Crippen LogP contribution in [0.3, 0.4) is 0 Å². The number of anilines is 1. The van der Waals surface area contributed by atoms with Gasteiger partial charge >= 0.3 is 0 Å². The molecule has 0 aliphatic carbocycles. The van der Waals surface area contributed by atoms with Crippen LogP contribution in [0.5, 0.6) is 0 Å². The Morgan fingerprint density at radius 3 is 2.53 bits per heavy atom. The molecule has 1 atom stereocenters. The molecule has 1 unspecified atom stereocenters. The molecule has 0 saturated carbocycles. The molecule has 1 heterocycles. The smallest absolute Gasteiger partial charge is 0.126 e. The molecule has 0 aliphatic heterocycles. The monoisotopic (exact) mass is 264 g/mol. The lowest BCUT2D eigenvalue weighted by Crippen LogP contribution is -2.12. The average molecular weight is 264 g/mol. The molecular weight excluding hydrogens is 236 g/mol. The van der Waals surface area contributed by atoms with Crippen LogP contribution in [0.1, 0.15) is 63.9 Å². The SMILES string of the molecule is CCCCCCCCCC(O)Cc1cccnc1N. The zero-order valence-electron chi connectivity index (χ0n) is 12.1. The summed E-state index contributed by atoms with van der Waals surface area (Å²) in [5.74, 6) is 0.543. The van der Waals surface area contributed by atoms with Crippen LogP contribution >= 0.6 is 0 Å². The predicted octanol–water partition coefficient (Wildman–Crippen LogP) is 3.71. The number of rotatable bonds is 10. The number of unbranched alkanes of at least 4 members (excludes halogenated alkanes) is 6. The predicted molar refractivity (Wildman–Crippen MR) is 81.0 cm³/mol. The highest BCUT2D eigenvalue weighted by atomic mass is 16.3. The van der Waals surface area contributed by atoms with Gasteiger partial charge in [0, 0.05) is 12.6 Å². The van der Waals surface area contributed by atoms with E-state index in [1.807, 2.05) is 12.1 Å². The fraction of sp³-hybridized carbons (Fsp3) is 0.688. The van der Waals surface area contributed by atoms with Crippen molar-refractivity contribution < 1.29 is 5.11 Å². The van der Waals surface area contributed by atoms with Gasteiger partial charge in [-0.05, 0) is 18.1 Å². The molecule has 1 aromatic rings. The quantitative estimate of drug-likeness (QED) is 0.633. The van der Waals surface area contributed by atoms with Crippen molar-refractivity contribution in [1.82, 2.24) is 4.98 Å². The fourth-order valence-corrected chi connectivity index (χ4v) is 2.32. The van der Waals surface area contributed by atoms with E-state index >= 15 is 0 Å². The van der Waals surface area contributed by atoms with Crippen LogP contribution in [0.4, 0.5) is 5.82 Å². The maximum absolute atomic E-state index is 9.98. The van der Waals surface area contributed by atoms with Gasteiger partial charge in [-0.15, -0.1) is 0 Å². The van der Waals surface area contributed by atoms with Crippen LogP contribution in [0.25, 0.3) is 0 Å². The highest BCUT2D eigenvalue weighted by Crippen LogP contribution is 2.14. The van der Waals surface area contributed by atoms with Crippen molar-refractivity contribution in [3.05, 3.63) is 23.9 Å². The van der Waals surface area contributed by atoms with Crippen molar-refractivity contribution in [3.63, 3.8) is 0 Å². The Balaban J connectivity index is 2.08. The molecule has 0 amide bonds. The number of nitrogen functional groups attached to an aromatic ring is 1. The summed E-state index contributed by atoms with van der Waals surface area (Å²) >= 11 is 0. The third-order valence-corrected chi connectivity index (χ3v) is 3.52. The maximum Gasteiger partial charge on any atom is 0.126 e. The van der Waals surface area contributed by atoms with E-state index in [9.17, 15) is 5.11 Å². The Morgan fingerprint density at radius 1 is 1.16 bits per heavy atom. The molecule has 0 fully saturated rings. The van der Waals surface area contributed by atoms with Crippen molar-refractivity contribution in [2.45, 2.75) is 70.8 Å². The number of aliphatic hydroxyl groups is 1. The molecule has 0 saturated heterocycles. The van der Waals surface area contributed by atoms with Crippen molar-refractivity contribution >= 4 is 5.82 Å². The largest absolute Gasteiger partial charge is 0.393 e. The molecule has 19 heavy (non-hydrogen) atoms. The van der Waals surface area contributed by atoms with Crippen molar-refractivity contribution in [2.24, 2.45) is 0 Å². The van der Waals surface area contributed by atoms with Crippen molar-refractivity contribution in [3.8, 4) is 0 Å². The minimum absolute atomic E-state index is 0.290. The summed E-state index contributed by atoms with van der Waals surface area (Å²) in [6.45, 7) is 2.24. The molecule has 0 bridgehead atoms. The van der Waals surface area contributed by atoms with Gasteiger partial charge in [-0.1, -0.05) is 57.9 Å². The van der Waals surface area contributed by atoms with Crippen LogP contribution in [-0.2, 0) is 6.42 Å². The first-order chi connectivity index (χ1) is 9.24. The highest BCUT2D eigenvalue weighted by Gasteiger charge is 2.08. The minimum Gasteiger partial charge on any atom is -0.393 e. The second kappa shape index (κ2) is 9.79. The summed E-state index contributed by atoms with van der Waals surface area (Å²) in [5, 5.41) is 9.98. The fourth-order valence-electron chi connectivity index (χ4n) is 2.32. The van der Waals surface area contributed by atoms with Crippen LogP contribution < -0.4 is 5.73 Å². The summed E-state index contributed by atoms with van der Waals surface area (Å²) in [5.41, 5.74) is 6.73. The number of hydrogen-bond donors (Lipinski definition) is 2. The molecule has 3 heteroatoms. The lowest BCUT2D eigenvalue weighted by Gasteiger charge is -2.11. The van der Waals surface area contributed by atoms with Crippen LogP contribution in [0.2, 0.25) is 0 Å². The first kappa shape index (κ1) is 16.0. The molecule has 0 aliphatic rings. The molecule has 0 aromatic carbocycles. The van der Waals surface area contributed by atoms with E-state index in [1.165, 1.54) is 38.5 Å². The van der Waals surface area contributed by atoms with Gasteiger partial charge in [0.1, 0.15) is 5.82 Å². The lowest BCUT2D eigenvalue weighted by molar-refractivity contribution is 0.161. The second-order valence-corrected chi connectivity index (χ2v) is 5.32. The normalized spacial score (nSPS) is 12.5. The summed E-state index contributed by atoms with van der Waals surface area (Å²) in [6.07, 6.45) is 11.8. The van der Waals surface area contributed by atoms with E-state index in [0.29, 0.717) is 12.2 Å². The highest BCUT2D eigenvalue weighted by molar-refractivity contribution is 5.38. The van der Waals surface area contributed by atoms with Crippen LogP contribution in [-0.4, -0.2) is 16.2 Å². The van der Waals surface area contributed by atoms with Crippen molar-refractivity contribution in [2.75, 3.05) is 5.73 Å². The zero-order valence-corrected chi connectivity index (χ0v) is 12.1. The molecule has 3 nitrogen and oxygen atoms in total. The Bertz CT molecular complexity index is 341. The van der Waals surface area contributed by atoms with E-state index < -0.39 is 0 Å². The van der Waals surface area contributed by atoms with Gasteiger partial charge in [-0.2, -0.15) is 0 Å². The van der Waals surface area contributed by atoms with Gasteiger partial charge in [0.2, 0.25) is 0 Å². The van der Waals surface area contributed by atoms with Gasteiger partial charge in [0.25, 0.3) is 0 Å². The number of nitrogens with zero attached hydrogens (tertiary/aromatic N) is 1. The van der Waals surface area contributed by atoms with E-state index in [-0.39, 0.29) is 6.10 Å². The number of nitrogens with two attached hydrogens (primary N) is 1. The number of aliphatic hydroxyl groups excluding tert-OH is 1. The first-order valence-electron chi connectivity index (χ1n) is 7.61. The summed E-state index contributed by atoms with van der Waals surface area (Å²) < 4.78 is 0. The number of pyridine rings is 1. The summed E-state index contributed by atoms with van der Waals surface area (Å²) in [7, 11) is 0. The van der Waals surface area contributed by atoms with Gasteiger partial charge in [0.05, 0.1) is 6.10 Å². The molecule has 0 radical (unpaired) electrons. The minimum atomic E-state index is -0.290. The standard InChI is InChI=1S/C16H28N2O/c1-2-3-4-5-6-7-8-11-15(19)13-14-10-9-12-18-16(14)17/h9-10,12,15,19H,2-8,11,13H2,1H3,(H2,17,18). The molecule has 3 N–H and O–H groups in total. The van der Waals surface area contributed by atoms with E-state index in [1.54, 1.807) is 6.20 Å². The van der Waals surface area contributed by atoms with E-state index in [4.69, 9.17) is 5.73 Å². The summed E-state index contributed by atoms with van der Waals surface area (Å²) in [6, 6.07) is 3.81. The Hall–Kier alpha value is -1.09. The van der Waals surface area contributed by atoms with Crippen LogP contribution in [0, 0.1) is 0 Å². The Kier molecular flexibility index (Phi) is 8.23. The van der Waals surface area contributed by atoms with Gasteiger partial charge < -0.3 is 10.8 Å².